The summed E-state index contributed by atoms with van der Waals surface area (Å²) in [5, 5.41) is 57.2. The number of esters is 6. The third-order valence-corrected chi connectivity index (χ3v) is 16.1. The number of benzene rings is 11. The molecule has 672 valence electrons. The monoisotopic (exact) mass is 1860 g/mol. The molecular weight excluding hydrogens is 1780 g/mol. The van der Waals surface area contributed by atoms with E-state index in [-0.39, 0.29) is 126 Å². The predicted octanol–water partition coefficient (Wildman–Crippen LogP) is 7.03. The third-order valence-electron chi connectivity index (χ3n) is 16.0. The molecule has 0 radical (unpaired) electrons. The molecule has 11 rings (SSSR count). The first-order valence-electron chi connectivity index (χ1n) is 37.1. The maximum Gasteiger partial charge on any atom is 1.00 e. The van der Waals surface area contributed by atoms with Gasteiger partial charge in [0, 0.05) is 85.0 Å². The average molecular weight is 1860 g/mol. The van der Waals surface area contributed by atoms with Crippen LogP contribution in [0.3, 0.4) is 0 Å². The number of terminal acetylenes is 4. The quantitative estimate of drug-likeness (QED) is 0.00966. The summed E-state index contributed by atoms with van der Waals surface area (Å²) in [6.45, 7) is 0. The summed E-state index contributed by atoms with van der Waals surface area (Å²) in [4.78, 5) is 171. The van der Waals surface area contributed by atoms with Gasteiger partial charge in [-0.05, 0) is 199 Å². The van der Waals surface area contributed by atoms with Crippen LogP contribution in [0.1, 0.15) is 126 Å². The van der Waals surface area contributed by atoms with Crippen LogP contribution in [0.4, 0.5) is 75.2 Å². The Balaban J connectivity index is 0.000000412. The van der Waals surface area contributed by atoms with Crippen molar-refractivity contribution in [3.63, 3.8) is 0 Å². The molecule has 0 aliphatic carbocycles. The fourth-order valence-electron chi connectivity index (χ4n) is 10.2. The molecule has 0 saturated heterocycles. The Morgan fingerprint density at radius 3 is 0.806 bits per heavy atom. The van der Waals surface area contributed by atoms with Crippen molar-refractivity contribution in [2.75, 3.05) is 91.3 Å². The van der Waals surface area contributed by atoms with Crippen LogP contribution in [-0.4, -0.2) is 142 Å². The van der Waals surface area contributed by atoms with Gasteiger partial charge < -0.3 is 111 Å². The molecule has 0 atom stereocenters. The molecule has 0 spiro atoms. The van der Waals surface area contributed by atoms with Crippen molar-refractivity contribution in [1.82, 2.24) is 0 Å². The topological polar surface area (TPSA) is 553 Å². The first kappa shape index (κ1) is 111. The van der Waals surface area contributed by atoms with Crippen LogP contribution in [0.2, 0.25) is 0 Å². The SMILES string of the molecule is C#Cc1cccc(N)c1.C#Cc1cccc(NC(=O)Nc2cc(C(=O)O)cc(C(=O)O)c2)c1.C#Cc1cccc(NC(=O)Nc2cc(C(=O)OC)cc(C(=O)OC)c2)c1.C#Cc1cccc(NC(=O)Nc2cc(C(=O)[O-])cc(C(=O)[O-])c2)c1.COC(=O)c1cc(N)cc(C(=O)OC)c1.COC(=O)c1cc(NC(=O)Oc2ccccc2)cc(C(=O)OC)c1.O=C(Cl)Oc1ccccc1.[Na+].[Na+]. The molecule has 0 heterocycles. The second kappa shape index (κ2) is 57.6. The first-order chi connectivity index (χ1) is 62.9. The minimum absolute atomic E-state index is 0. The molecule has 39 heteroatoms. The average Bonchev–Trinajstić information content (AvgIpc) is 0.845. The van der Waals surface area contributed by atoms with Crippen LogP contribution < -0.4 is 127 Å². The van der Waals surface area contributed by atoms with Crippen molar-refractivity contribution in [1.29, 1.82) is 0 Å². The standard InChI is InChI=1S/C19H16N2O5.2C17H12N2O5.C17H15NO6.C10H11NO4.C8H7N.C7H5ClO2.2Na/c1-4-12-6-5-7-15(8-12)20-19(24)21-16-10-13(17(22)25-2)9-14(11-16)18(23)26-3;2*1-2-10-4-3-5-13(6-10)18-17(24)19-14-8-11(15(20)21)7-12(9-14)16(22)23;1-22-15(19)11-8-12(16(20)23-2)10-13(9-11)18-17(21)24-14-6-4-3-5-7-14;1-14-9(12)6-3-7(10(13)15-2)5-8(11)4-6;1-2-7-4-3-5-8(9)6-7;8-7(9)10-6-4-2-1-3-5-6;;/h1,5-11H,2-3H3,(H2,20,21,24);2*1,3-9H,(H,20,21)(H,22,23)(H2,18,19,24);3-10H,1-2H3,(H,18,21);3-5H,11H2,1-2H3;1,3-6H,9H2;1-5H;;/q;;;;;;;2*+1/p-2. The number of amides is 7. The number of halogens is 1. The Morgan fingerprint density at radius 2 is 0.537 bits per heavy atom. The smallest absolute Gasteiger partial charge is 0.545 e. The molecule has 0 bridgehead atoms. The van der Waals surface area contributed by atoms with E-state index in [1.54, 1.807) is 140 Å². The number of urea groups is 3. The first-order valence-corrected chi connectivity index (χ1v) is 37.5. The Kier molecular flexibility index (Phi) is 47.7. The summed E-state index contributed by atoms with van der Waals surface area (Å²) in [6, 6.07) is 60.9. The summed E-state index contributed by atoms with van der Waals surface area (Å²) in [7, 11) is 7.36. The number of para-hydroxylation sites is 2. The molecule has 11 aromatic rings. The van der Waals surface area contributed by atoms with Crippen LogP contribution in [-0.2, 0) is 28.4 Å². The normalized spacial score (nSPS) is 9.34. The van der Waals surface area contributed by atoms with Gasteiger partial charge in [0.05, 0.1) is 99.1 Å². The van der Waals surface area contributed by atoms with Crippen molar-refractivity contribution in [2.45, 2.75) is 0 Å². The van der Waals surface area contributed by atoms with Crippen LogP contribution in [0.15, 0.2) is 249 Å². The summed E-state index contributed by atoms with van der Waals surface area (Å²) in [6.07, 6.45) is 20.2. The van der Waals surface area contributed by atoms with Gasteiger partial charge >= 0.3 is 136 Å². The molecule has 0 fully saturated rings. The minimum Gasteiger partial charge on any atom is -0.545 e. The van der Waals surface area contributed by atoms with Crippen molar-refractivity contribution in [3.8, 4) is 60.9 Å². The van der Waals surface area contributed by atoms with E-state index in [1.807, 2.05) is 18.2 Å². The Hall–Kier alpha value is -17.2. The summed E-state index contributed by atoms with van der Waals surface area (Å²) in [5.41, 5.74) is 15.0. The Labute approximate surface area is 814 Å². The van der Waals surface area contributed by atoms with Gasteiger partial charge in [-0.2, -0.15) is 0 Å². The molecule has 0 saturated carbocycles. The van der Waals surface area contributed by atoms with Crippen molar-refractivity contribution >= 4 is 152 Å². The molecular formula is C95H76ClN9Na2O27. The van der Waals surface area contributed by atoms with E-state index < -0.39 is 100 Å². The number of nitrogen functional groups attached to an aromatic ring is 2. The van der Waals surface area contributed by atoms with Crippen LogP contribution in [0, 0.1) is 49.4 Å². The van der Waals surface area contributed by atoms with E-state index >= 15 is 0 Å². The summed E-state index contributed by atoms with van der Waals surface area (Å²) in [5.74, 6) is 1.14. The molecule has 0 unspecified atom stereocenters. The molecule has 0 aromatic heterocycles. The van der Waals surface area contributed by atoms with Gasteiger partial charge in [-0.1, -0.05) is 84.3 Å². The van der Waals surface area contributed by atoms with E-state index in [2.05, 4.69) is 94.1 Å². The number of carboxylic acid groups (broad SMARTS) is 4. The van der Waals surface area contributed by atoms with Crippen LogP contribution in [0.25, 0.3) is 0 Å². The van der Waals surface area contributed by atoms with Crippen LogP contribution in [0.5, 0.6) is 11.5 Å². The fourth-order valence-corrected chi connectivity index (χ4v) is 10.3. The zero-order valence-corrected chi connectivity index (χ0v) is 76.9. The number of hydrogen-bond donors (Lipinski definition) is 11. The molecule has 7 amide bonds. The molecule has 13 N–H and O–H groups in total. The van der Waals surface area contributed by atoms with Gasteiger partial charge in [0.2, 0.25) is 0 Å². The number of carbonyl (C=O) groups excluding carboxylic acids is 13. The molecule has 134 heavy (non-hydrogen) atoms. The van der Waals surface area contributed by atoms with Crippen LogP contribution >= 0.6 is 11.6 Å². The maximum atomic E-state index is 12.2. The number of hydrogen-bond acceptors (Lipinski definition) is 27. The van der Waals surface area contributed by atoms with Gasteiger partial charge in [-0.25, -0.2) is 62.3 Å². The van der Waals surface area contributed by atoms with Crippen molar-refractivity contribution in [2.24, 2.45) is 0 Å². The number of nitrogens with two attached hydrogens (primary N) is 2. The van der Waals surface area contributed by atoms with Gasteiger partial charge in [0.25, 0.3) is 0 Å². The number of carbonyl (C=O) groups is 15. The third kappa shape index (κ3) is 39.2. The zero-order valence-electron chi connectivity index (χ0n) is 72.1. The van der Waals surface area contributed by atoms with E-state index in [4.69, 9.17) is 63.7 Å². The molecule has 11 aromatic carbocycles. The molecule has 0 aliphatic rings. The number of ether oxygens (including phenoxy) is 8. The fraction of sp³-hybridized carbons (Fsp3) is 0.0632. The number of anilines is 9. The van der Waals surface area contributed by atoms with Gasteiger partial charge in [-0.15, -0.1) is 25.7 Å². The summed E-state index contributed by atoms with van der Waals surface area (Å²) < 4.78 is 37.2. The number of carboxylic acids is 4. The largest absolute Gasteiger partial charge is 1.00 e. The van der Waals surface area contributed by atoms with E-state index in [0.29, 0.717) is 56.6 Å². The molecule has 36 nitrogen and oxygen atoms in total. The van der Waals surface area contributed by atoms with Gasteiger partial charge in [-0.3, -0.25) is 5.32 Å². The number of nitrogens with one attached hydrogen (secondary N) is 7. The second-order valence-corrected chi connectivity index (χ2v) is 25.6. The van der Waals surface area contributed by atoms with Crippen molar-refractivity contribution < 1.29 is 189 Å². The zero-order chi connectivity index (χ0) is 97.5. The minimum atomic E-state index is -1.58. The Bertz CT molecular complexity index is 6000. The second-order valence-electron chi connectivity index (χ2n) is 25.3. The van der Waals surface area contributed by atoms with E-state index in [0.717, 1.165) is 42.0 Å². The van der Waals surface area contributed by atoms with Crippen molar-refractivity contribution in [3.05, 3.63) is 327 Å². The maximum absolute atomic E-state index is 12.2. The van der Waals surface area contributed by atoms with Gasteiger partial charge in [0.15, 0.2) is 0 Å². The van der Waals surface area contributed by atoms with Gasteiger partial charge in [0.1, 0.15) is 11.5 Å². The van der Waals surface area contributed by atoms with E-state index in [9.17, 15) is 82.1 Å². The Morgan fingerprint density at radius 1 is 0.291 bits per heavy atom. The predicted molar refractivity (Wildman–Crippen MR) is 481 cm³/mol. The summed E-state index contributed by atoms with van der Waals surface area (Å²) >= 11 is 4.95. The number of methoxy groups -OCH3 is 6. The molecule has 0 aliphatic heterocycles. The number of aromatic carboxylic acids is 4. The van der Waals surface area contributed by atoms with E-state index in [1.165, 1.54) is 97.3 Å². The number of rotatable bonds is 19.